The maximum absolute atomic E-state index is 10.1. The quantitative estimate of drug-likeness (QED) is 0.816. The minimum atomic E-state index is 0.230. The zero-order valence-corrected chi connectivity index (χ0v) is 13.4. The predicted molar refractivity (Wildman–Crippen MR) is 83.4 cm³/mol. The summed E-state index contributed by atoms with van der Waals surface area (Å²) >= 11 is 3.49. The van der Waals surface area contributed by atoms with Gasteiger partial charge in [0.25, 0.3) is 0 Å². The summed E-state index contributed by atoms with van der Waals surface area (Å²) < 4.78 is 1.02. The van der Waals surface area contributed by atoms with Gasteiger partial charge in [-0.3, -0.25) is 0 Å². The SMILES string of the molecule is CCC(N[C@H](C)C1CCCC1)c1cc(Br)ccc1O. The molecule has 2 nitrogen and oxygen atoms in total. The van der Waals surface area contributed by atoms with Crippen LogP contribution >= 0.6 is 15.9 Å². The summed E-state index contributed by atoms with van der Waals surface area (Å²) in [6.07, 6.45) is 6.41. The Morgan fingerprint density at radius 2 is 2.05 bits per heavy atom. The van der Waals surface area contributed by atoms with Crippen molar-refractivity contribution in [2.45, 2.75) is 58.0 Å². The van der Waals surface area contributed by atoms with Crippen LogP contribution in [0, 0.1) is 5.92 Å². The highest BCUT2D eigenvalue weighted by atomic mass is 79.9. The zero-order chi connectivity index (χ0) is 13.8. The first-order valence-corrected chi connectivity index (χ1v) is 8.15. The maximum Gasteiger partial charge on any atom is 0.120 e. The van der Waals surface area contributed by atoms with E-state index in [0.29, 0.717) is 11.8 Å². The molecule has 1 aliphatic carbocycles. The van der Waals surface area contributed by atoms with Gasteiger partial charge in [-0.05, 0) is 50.3 Å². The summed E-state index contributed by atoms with van der Waals surface area (Å²) in [6, 6.07) is 6.42. The first-order chi connectivity index (χ1) is 9.11. The molecule has 3 heteroatoms. The van der Waals surface area contributed by atoms with Crippen molar-refractivity contribution in [3.8, 4) is 5.75 Å². The lowest BCUT2D eigenvalue weighted by molar-refractivity contribution is 0.333. The standard InChI is InChI=1S/C16H24BrNO/c1-3-15(14-10-13(17)8-9-16(14)19)18-11(2)12-6-4-5-7-12/h8-12,15,18-19H,3-7H2,1-2H3/t11-,15?/m1/s1. The molecule has 0 bridgehead atoms. The molecule has 1 aromatic rings. The Morgan fingerprint density at radius 1 is 1.37 bits per heavy atom. The highest BCUT2D eigenvalue weighted by molar-refractivity contribution is 9.10. The second kappa shape index (κ2) is 6.76. The molecule has 1 fully saturated rings. The lowest BCUT2D eigenvalue weighted by atomic mass is 9.96. The fourth-order valence-electron chi connectivity index (χ4n) is 3.14. The number of rotatable bonds is 5. The number of halogens is 1. The van der Waals surface area contributed by atoms with E-state index in [2.05, 4.69) is 35.1 Å². The first kappa shape index (κ1) is 14.9. The molecule has 0 radical (unpaired) electrons. The largest absolute Gasteiger partial charge is 0.508 e. The van der Waals surface area contributed by atoms with E-state index in [1.165, 1.54) is 25.7 Å². The molecule has 0 aromatic heterocycles. The van der Waals surface area contributed by atoms with Gasteiger partial charge in [0.2, 0.25) is 0 Å². The number of benzene rings is 1. The number of aromatic hydroxyl groups is 1. The predicted octanol–water partition coefficient (Wildman–Crippen LogP) is 4.77. The van der Waals surface area contributed by atoms with Crippen molar-refractivity contribution in [3.63, 3.8) is 0 Å². The van der Waals surface area contributed by atoms with Gasteiger partial charge in [0.1, 0.15) is 5.75 Å². The van der Waals surface area contributed by atoms with Gasteiger partial charge in [-0.15, -0.1) is 0 Å². The van der Waals surface area contributed by atoms with E-state index in [9.17, 15) is 5.11 Å². The average Bonchev–Trinajstić information content (AvgIpc) is 2.93. The molecule has 1 aliphatic rings. The van der Waals surface area contributed by atoms with Gasteiger partial charge < -0.3 is 10.4 Å². The Hall–Kier alpha value is -0.540. The first-order valence-electron chi connectivity index (χ1n) is 7.36. The van der Waals surface area contributed by atoms with E-state index in [4.69, 9.17) is 0 Å². The van der Waals surface area contributed by atoms with Gasteiger partial charge in [0.05, 0.1) is 0 Å². The molecule has 19 heavy (non-hydrogen) atoms. The molecule has 1 saturated carbocycles. The summed E-state index contributed by atoms with van der Waals surface area (Å²) in [5.41, 5.74) is 1.00. The third-order valence-corrected chi connectivity index (χ3v) is 4.84. The van der Waals surface area contributed by atoms with Crippen molar-refractivity contribution >= 4 is 15.9 Å². The molecule has 2 atom stereocenters. The highest BCUT2D eigenvalue weighted by Crippen LogP contribution is 2.32. The van der Waals surface area contributed by atoms with Crippen molar-refractivity contribution in [2.24, 2.45) is 5.92 Å². The normalized spacial score (nSPS) is 19.5. The van der Waals surface area contributed by atoms with Crippen LogP contribution in [0.5, 0.6) is 5.75 Å². The van der Waals surface area contributed by atoms with E-state index in [1.807, 2.05) is 12.1 Å². The lowest BCUT2D eigenvalue weighted by Gasteiger charge is -2.27. The summed E-state index contributed by atoms with van der Waals surface area (Å²) in [6.45, 7) is 4.45. The summed E-state index contributed by atoms with van der Waals surface area (Å²) in [5.74, 6) is 1.18. The molecule has 0 amide bonds. The van der Waals surface area contributed by atoms with Crippen LogP contribution in [0.4, 0.5) is 0 Å². The Labute approximate surface area is 124 Å². The third kappa shape index (κ3) is 3.73. The summed E-state index contributed by atoms with van der Waals surface area (Å²) in [7, 11) is 0. The van der Waals surface area contributed by atoms with Crippen molar-refractivity contribution in [1.82, 2.24) is 5.32 Å². The Balaban J connectivity index is 2.08. The van der Waals surface area contributed by atoms with Gasteiger partial charge in [0.15, 0.2) is 0 Å². The lowest BCUT2D eigenvalue weighted by Crippen LogP contribution is -2.35. The summed E-state index contributed by atoms with van der Waals surface area (Å²) in [4.78, 5) is 0. The topological polar surface area (TPSA) is 32.3 Å². The molecule has 2 rings (SSSR count). The second-order valence-electron chi connectivity index (χ2n) is 5.66. The average molecular weight is 326 g/mol. The number of phenolic OH excluding ortho intramolecular Hbond substituents is 1. The van der Waals surface area contributed by atoms with Gasteiger partial charge in [-0.1, -0.05) is 35.7 Å². The van der Waals surface area contributed by atoms with E-state index >= 15 is 0 Å². The van der Waals surface area contributed by atoms with E-state index < -0.39 is 0 Å². The molecule has 0 aliphatic heterocycles. The summed E-state index contributed by atoms with van der Waals surface area (Å²) in [5, 5.41) is 13.8. The molecule has 2 N–H and O–H groups in total. The van der Waals surface area contributed by atoms with Gasteiger partial charge in [-0.2, -0.15) is 0 Å². The highest BCUT2D eigenvalue weighted by Gasteiger charge is 2.24. The van der Waals surface area contributed by atoms with Crippen LogP contribution in [-0.2, 0) is 0 Å². The third-order valence-electron chi connectivity index (χ3n) is 4.34. The minimum Gasteiger partial charge on any atom is -0.508 e. The fourth-order valence-corrected chi connectivity index (χ4v) is 3.52. The molecule has 1 unspecified atom stereocenters. The number of hydrogen-bond acceptors (Lipinski definition) is 2. The molecule has 106 valence electrons. The minimum absolute atomic E-state index is 0.230. The molecular weight excluding hydrogens is 302 g/mol. The van der Waals surface area contributed by atoms with Crippen LogP contribution < -0.4 is 5.32 Å². The van der Waals surface area contributed by atoms with Crippen molar-refractivity contribution in [2.75, 3.05) is 0 Å². The van der Waals surface area contributed by atoms with E-state index in [0.717, 1.165) is 22.4 Å². The molecule has 0 spiro atoms. The van der Waals surface area contributed by atoms with Gasteiger partial charge >= 0.3 is 0 Å². The molecule has 0 saturated heterocycles. The zero-order valence-electron chi connectivity index (χ0n) is 11.8. The smallest absolute Gasteiger partial charge is 0.120 e. The van der Waals surface area contributed by atoms with Gasteiger partial charge in [-0.25, -0.2) is 0 Å². The molecule has 1 aromatic carbocycles. The van der Waals surface area contributed by atoms with E-state index in [1.54, 1.807) is 6.07 Å². The Morgan fingerprint density at radius 3 is 2.68 bits per heavy atom. The van der Waals surface area contributed by atoms with Gasteiger partial charge in [0, 0.05) is 22.1 Å². The van der Waals surface area contributed by atoms with Crippen LogP contribution in [-0.4, -0.2) is 11.1 Å². The number of hydrogen-bond donors (Lipinski definition) is 2. The maximum atomic E-state index is 10.1. The number of nitrogens with one attached hydrogen (secondary N) is 1. The monoisotopic (exact) mass is 325 g/mol. The van der Waals surface area contributed by atoms with E-state index in [-0.39, 0.29) is 6.04 Å². The second-order valence-corrected chi connectivity index (χ2v) is 6.58. The Kier molecular flexibility index (Phi) is 5.28. The van der Waals surface area contributed by atoms with Crippen LogP contribution in [0.3, 0.4) is 0 Å². The van der Waals surface area contributed by atoms with Crippen LogP contribution in [0.15, 0.2) is 22.7 Å². The van der Waals surface area contributed by atoms with Crippen LogP contribution in [0.1, 0.15) is 57.6 Å². The Bertz CT molecular complexity index is 415. The fraction of sp³-hybridized carbons (Fsp3) is 0.625. The number of phenols is 1. The molecular formula is C16H24BrNO. The van der Waals surface area contributed by atoms with Crippen molar-refractivity contribution < 1.29 is 5.11 Å². The van der Waals surface area contributed by atoms with Crippen molar-refractivity contribution in [3.05, 3.63) is 28.2 Å². The van der Waals surface area contributed by atoms with Crippen LogP contribution in [0.2, 0.25) is 0 Å². The van der Waals surface area contributed by atoms with Crippen molar-refractivity contribution in [1.29, 1.82) is 0 Å². The van der Waals surface area contributed by atoms with Crippen LogP contribution in [0.25, 0.3) is 0 Å². The molecule has 0 heterocycles.